The molecule has 5 rings (SSSR count). The van der Waals surface area contributed by atoms with Crippen LogP contribution in [0.4, 0.5) is 22.0 Å². The third-order valence-electron chi connectivity index (χ3n) is 8.04. The van der Waals surface area contributed by atoms with Crippen molar-refractivity contribution in [2.75, 3.05) is 32.7 Å². The number of pyridine rings is 1. The summed E-state index contributed by atoms with van der Waals surface area (Å²) in [6, 6.07) is 8.52. The minimum absolute atomic E-state index is 0.0134. The lowest BCUT2D eigenvalue weighted by Crippen LogP contribution is -2.44. The first kappa shape index (κ1) is 29.2. The number of fused-ring (bicyclic) bond motifs is 1. The molecule has 2 aliphatic rings. The lowest BCUT2D eigenvalue weighted by molar-refractivity contribution is -0.145. The highest BCUT2D eigenvalue weighted by atomic mass is 19.4. The summed E-state index contributed by atoms with van der Waals surface area (Å²) in [5, 5.41) is 6.97. The first-order chi connectivity index (χ1) is 19.7. The molecule has 2 aromatic heterocycles. The molecule has 0 spiro atoms. The number of halogens is 5. The maximum absolute atomic E-state index is 13.5. The van der Waals surface area contributed by atoms with Crippen LogP contribution in [-0.4, -0.2) is 64.9 Å². The fourth-order valence-electron chi connectivity index (χ4n) is 5.84. The zero-order valence-electron chi connectivity index (χ0n) is 22.5. The van der Waals surface area contributed by atoms with Crippen LogP contribution in [0.15, 0.2) is 42.7 Å². The second-order valence-electron chi connectivity index (χ2n) is 10.8. The van der Waals surface area contributed by atoms with Crippen molar-refractivity contribution in [3.8, 4) is 0 Å². The molecule has 1 aromatic carbocycles. The van der Waals surface area contributed by atoms with Gasteiger partial charge in [0, 0.05) is 59.5 Å². The molecule has 3 atom stereocenters. The topological polar surface area (TPSA) is 83.0 Å². The Bertz CT molecular complexity index is 1330. The molecule has 2 saturated heterocycles. The number of alkyl halides is 5. The van der Waals surface area contributed by atoms with Crippen LogP contribution in [0, 0.1) is 5.92 Å². The van der Waals surface area contributed by atoms with Crippen molar-refractivity contribution in [1.29, 1.82) is 0 Å². The SMILES string of the molecule is O=C(NCC(c1cnc(C(F)(F)F)nc1)N1CCCC(C(F)F)C1)c1cccc2nc(C3CCCNCC3)ccc12. The largest absolute Gasteiger partial charge is 0.451 e. The molecule has 2 aliphatic heterocycles. The van der Waals surface area contributed by atoms with Crippen LogP contribution < -0.4 is 10.6 Å². The molecule has 0 radical (unpaired) electrons. The van der Waals surface area contributed by atoms with Gasteiger partial charge in [0.1, 0.15) is 0 Å². The summed E-state index contributed by atoms with van der Waals surface area (Å²) in [7, 11) is 0. The molecule has 0 bridgehead atoms. The quantitative estimate of drug-likeness (QED) is 0.369. The van der Waals surface area contributed by atoms with Gasteiger partial charge >= 0.3 is 6.18 Å². The van der Waals surface area contributed by atoms with E-state index in [0.717, 1.165) is 50.4 Å². The molecule has 3 aromatic rings. The Morgan fingerprint density at radius 1 is 1.05 bits per heavy atom. The monoisotopic (exact) mass is 576 g/mol. The molecule has 2 N–H and O–H groups in total. The smallest absolute Gasteiger partial charge is 0.350 e. The summed E-state index contributed by atoms with van der Waals surface area (Å²) in [6.07, 6.45) is -1.11. The van der Waals surface area contributed by atoms with Crippen LogP contribution in [0.2, 0.25) is 0 Å². The number of aromatic nitrogens is 3. The van der Waals surface area contributed by atoms with Gasteiger partial charge in [0.05, 0.1) is 11.6 Å². The fraction of sp³-hybridized carbons (Fsp3) is 0.517. The van der Waals surface area contributed by atoms with Gasteiger partial charge in [-0.15, -0.1) is 0 Å². The van der Waals surface area contributed by atoms with Crippen molar-refractivity contribution < 1.29 is 26.7 Å². The van der Waals surface area contributed by atoms with E-state index in [9.17, 15) is 26.7 Å². The standard InChI is InChI=1S/C29H33F5N6O/c30-26(31)19-5-3-13-40(17-19)25(20-14-37-28(38-15-20)29(32,33)34)16-36-27(41)22-6-1-7-24-21(22)8-9-23(39-24)18-4-2-11-35-12-10-18/h1,6-9,14-15,18-19,25-26,35H,2-5,10-13,16-17H2,(H,36,41). The van der Waals surface area contributed by atoms with Crippen molar-refractivity contribution in [3.05, 3.63) is 65.4 Å². The molecular weight excluding hydrogens is 543 g/mol. The first-order valence-corrected chi connectivity index (χ1v) is 14.0. The molecule has 0 saturated carbocycles. The summed E-state index contributed by atoms with van der Waals surface area (Å²) in [5.41, 5.74) is 2.43. The summed E-state index contributed by atoms with van der Waals surface area (Å²) in [6.45, 7) is 2.43. The molecule has 4 heterocycles. The molecule has 12 heteroatoms. The summed E-state index contributed by atoms with van der Waals surface area (Å²) < 4.78 is 66.2. The number of hydrogen-bond donors (Lipinski definition) is 2. The Kier molecular flexibility index (Phi) is 9.08. The number of rotatable bonds is 7. The van der Waals surface area contributed by atoms with Gasteiger partial charge in [0.25, 0.3) is 5.91 Å². The van der Waals surface area contributed by atoms with Crippen molar-refractivity contribution in [2.24, 2.45) is 5.92 Å². The van der Waals surface area contributed by atoms with E-state index in [1.165, 1.54) is 0 Å². The highest BCUT2D eigenvalue weighted by Crippen LogP contribution is 2.31. The van der Waals surface area contributed by atoms with E-state index >= 15 is 0 Å². The van der Waals surface area contributed by atoms with E-state index in [0.29, 0.717) is 47.3 Å². The van der Waals surface area contributed by atoms with Crippen LogP contribution in [0.25, 0.3) is 10.9 Å². The van der Waals surface area contributed by atoms with Crippen molar-refractivity contribution >= 4 is 16.8 Å². The third kappa shape index (κ3) is 6.98. The lowest BCUT2D eigenvalue weighted by Gasteiger charge is -2.38. The number of hydrogen-bond acceptors (Lipinski definition) is 6. The summed E-state index contributed by atoms with van der Waals surface area (Å²) in [4.78, 5) is 27.0. The van der Waals surface area contributed by atoms with E-state index in [-0.39, 0.29) is 19.0 Å². The van der Waals surface area contributed by atoms with Crippen LogP contribution in [-0.2, 0) is 6.18 Å². The third-order valence-corrected chi connectivity index (χ3v) is 8.04. The normalized spacial score (nSPS) is 21.5. The zero-order valence-corrected chi connectivity index (χ0v) is 22.5. The summed E-state index contributed by atoms with van der Waals surface area (Å²) in [5.74, 6) is -2.18. The number of likely N-dealkylation sites (tertiary alicyclic amines) is 1. The van der Waals surface area contributed by atoms with Crippen LogP contribution in [0.5, 0.6) is 0 Å². The van der Waals surface area contributed by atoms with E-state index in [1.54, 1.807) is 17.0 Å². The zero-order chi connectivity index (χ0) is 29.0. The molecule has 3 unspecified atom stereocenters. The first-order valence-electron chi connectivity index (χ1n) is 14.0. The van der Waals surface area contributed by atoms with Crippen molar-refractivity contribution in [2.45, 2.75) is 56.7 Å². The molecule has 41 heavy (non-hydrogen) atoms. The van der Waals surface area contributed by atoms with Crippen LogP contribution in [0.3, 0.4) is 0 Å². The fourth-order valence-corrected chi connectivity index (χ4v) is 5.84. The maximum Gasteiger partial charge on any atom is 0.451 e. The highest BCUT2D eigenvalue weighted by molar-refractivity contribution is 6.06. The van der Waals surface area contributed by atoms with Crippen LogP contribution >= 0.6 is 0 Å². The van der Waals surface area contributed by atoms with Gasteiger partial charge in [0.15, 0.2) is 0 Å². The average molecular weight is 577 g/mol. The van der Waals surface area contributed by atoms with E-state index in [4.69, 9.17) is 4.98 Å². The number of benzene rings is 1. The number of nitrogens with one attached hydrogen (secondary N) is 2. The molecule has 220 valence electrons. The van der Waals surface area contributed by atoms with Gasteiger partial charge in [-0.05, 0) is 69.9 Å². The Labute approximate surface area is 235 Å². The van der Waals surface area contributed by atoms with E-state index in [2.05, 4.69) is 20.6 Å². The van der Waals surface area contributed by atoms with Crippen molar-refractivity contribution in [1.82, 2.24) is 30.5 Å². The van der Waals surface area contributed by atoms with Gasteiger partial charge in [-0.1, -0.05) is 12.1 Å². The van der Waals surface area contributed by atoms with E-state index in [1.807, 2.05) is 18.2 Å². The van der Waals surface area contributed by atoms with E-state index < -0.39 is 30.4 Å². The Morgan fingerprint density at radius 3 is 2.61 bits per heavy atom. The molecule has 0 aliphatic carbocycles. The predicted molar refractivity (Wildman–Crippen MR) is 144 cm³/mol. The van der Waals surface area contributed by atoms with Gasteiger partial charge in [-0.25, -0.2) is 18.7 Å². The number of piperidine rings is 1. The van der Waals surface area contributed by atoms with Gasteiger partial charge in [0.2, 0.25) is 12.2 Å². The van der Waals surface area contributed by atoms with Gasteiger partial charge in [-0.2, -0.15) is 13.2 Å². The number of amides is 1. The second-order valence-corrected chi connectivity index (χ2v) is 10.8. The highest BCUT2D eigenvalue weighted by Gasteiger charge is 2.36. The molecular formula is C29H33F5N6O. The lowest BCUT2D eigenvalue weighted by atomic mass is 9.95. The summed E-state index contributed by atoms with van der Waals surface area (Å²) >= 11 is 0. The minimum Gasteiger partial charge on any atom is -0.350 e. The molecule has 7 nitrogen and oxygen atoms in total. The number of carbonyl (C=O) groups is 1. The van der Waals surface area contributed by atoms with Gasteiger partial charge < -0.3 is 10.6 Å². The molecule has 1 amide bonds. The van der Waals surface area contributed by atoms with Crippen LogP contribution in [0.1, 0.15) is 71.5 Å². The number of nitrogens with zero attached hydrogens (tertiary/aromatic N) is 4. The molecule has 2 fully saturated rings. The Morgan fingerprint density at radius 2 is 1.85 bits per heavy atom. The average Bonchev–Trinajstić information content (AvgIpc) is 3.26. The Hall–Kier alpha value is -3.25. The minimum atomic E-state index is -4.70. The predicted octanol–water partition coefficient (Wildman–Crippen LogP) is 5.35. The Balaban J connectivity index is 1.36. The maximum atomic E-state index is 13.5. The van der Waals surface area contributed by atoms with Crippen molar-refractivity contribution in [3.63, 3.8) is 0 Å². The van der Waals surface area contributed by atoms with Gasteiger partial charge in [-0.3, -0.25) is 14.7 Å². The second kappa shape index (κ2) is 12.7. The number of carbonyl (C=O) groups excluding carboxylic acids is 1.